The smallest absolute Gasteiger partial charge is 0.379 e. The van der Waals surface area contributed by atoms with Gasteiger partial charge in [0.05, 0.1) is 13.2 Å². The summed E-state index contributed by atoms with van der Waals surface area (Å²) in [5.74, 6) is -0.115. The Morgan fingerprint density at radius 3 is 2.00 bits per heavy atom. The first-order valence-electron chi connectivity index (χ1n) is 11.2. The van der Waals surface area contributed by atoms with Gasteiger partial charge in [0, 0.05) is 36.8 Å². The molecule has 0 radical (unpaired) electrons. The van der Waals surface area contributed by atoms with E-state index in [4.69, 9.17) is 4.74 Å². The predicted octanol–water partition coefficient (Wildman–Crippen LogP) is 3.70. The predicted molar refractivity (Wildman–Crippen MR) is 110 cm³/mol. The lowest BCUT2D eigenvalue weighted by atomic mass is 9.88. The highest BCUT2D eigenvalue weighted by Crippen LogP contribution is 2.39. The normalized spacial score (nSPS) is 27.5. The molecule has 2 aliphatic carbocycles. The summed E-state index contributed by atoms with van der Waals surface area (Å²) in [5, 5.41) is 9.86. The van der Waals surface area contributed by atoms with Gasteiger partial charge in [0.1, 0.15) is 0 Å². The summed E-state index contributed by atoms with van der Waals surface area (Å²) >= 11 is 0. The van der Waals surface area contributed by atoms with Crippen molar-refractivity contribution in [3.8, 4) is 0 Å². The summed E-state index contributed by atoms with van der Waals surface area (Å²) in [6.07, 6.45) is 1.18. The standard InChI is InChI=1S/C23H31F3N2O3/c1-22(30,23(24,25)26)17-4-2-16(3-5-17)21(29)28(20-10-11-20)19-8-6-18(7-9-19)27-12-14-31-15-13-27/h2-5,18-20,30H,6-15H2,1H3/t18?,19?,22-/m0/s1. The van der Waals surface area contributed by atoms with E-state index in [1.807, 2.05) is 4.90 Å². The molecule has 0 unspecified atom stereocenters. The molecule has 1 N–H and O–H groups in total. The molecule has 0 spiro atoms. The lowest BCUT2D eigenvalue weighted by Crippen LogP contribution is -2.49. The third-order valence-electron chi connectivity index (χ3n) is 7.04. The largest absolute Gasteiger partial charge is 0.421 e. The molecular formula is C23H31F3N2O3. The van der Waals surface area contributed by atoms with Crippen LogP contribution >= 0.6 is 0 Å². The Hall–Kier alpha value is -1.64. The third-order valence-corrected chi connectivity index (χ3v) is 7.04. The maximum absolute atomic E-state index is 13.3. The minimum absolute atomic E-state index is 0.115. The average molecular weight is 441 g/mol. The van der Waals surface area contributed by atoms with E-state index < -0.39 is 11.8 Å². The topological polar surface area (TPSA) is 53.0 Å². The first-order chi connectivity index (χ1) is 14.7. The van der Waals surface area contributed by atoms with Crippen molar-refractivity contribution >= 4 is 5.91 Å². The number of aliphatic hydroxyl groups is 1. The minimum atomic E-state index is -4.78. The molecule has 1 heterocycles. The molecule has 1 atom stereocenters. The summed E-state index contributed by atoms with van der Waals surface area (Å²) in [4.78, 5) is 17.8. The average Bonchev–Trinajstić information content (AvgIpc) is 3.59. The van der Waals surface area contributed by atoms with Gasteiger partial charge in [0.25, 0.3) is 5.91 Å². The van der Waals surface area contributed by atoms with Crippen molar-refractivity contribution < 1.29 is 27.8 Å². The van der Waals surface area contributed by atoms with Crippen molar-refractivity contribution in [1.29, 1.82) is 0 Å². The number of alkyl halides is 3. The van der Waals surface area contributed by atoms with Crippen LogP contribution in [0.25, 0.3) is 0 Å². The van der Waals surface area contributed by atoms with Crippen LogP contribution in [0, 0.1) is 0 Å². The van der Waals surface area contributed by atoms with Crippen LogP contribution in [0.15, 0.2) is 24.3 Å². The van der Waals surface area contributed by atoms with Crippen molar-refractivity contribution in [2.45, 2.75) is 75.4 Å². The molecule has 5 nitrogen and oxygen atoms in total. The van der Waals surface area contributed by atoms with Gasteiger partial charge in [-0.15, -0.1) is 0 Å². The van der Waals surface area contributed by atoms with Gasteiger partial charge >= 0.3 is 6.18 Å². The Morgan fingerprint density at radius 2 is 1.52 bits per heavy atom. The monoisotopic (exact) mass is 440 g/mol. The van der Waals surface area contributed by atoms with E-state index in [0.29, 0.717) is 11.6 Å². The number of benzene rings is 1. The molecule has 172 valence electrons. The zero-order chi connectivity index (χ0) is 22.2. The van der Waals surface area contributed by atoms with Crippen molar-refractivity contribution in [1.82, 2.24) is 9.80 Å². The second kappa shape index (κ2) is 8.71. The number of nitrogens with zero attached hydrogens (tertiary/aromatic N) is 2. The molecule has 3 fully saturated rings. The van der Waals surface area contributed by atoms with Crippen LogP contribution in [0.3, 0.4) is 0 Å². The summed E-state index contributed by atoms with van der Waals surface area (Å²) in [5.41, 5.74) is -2.83. The maximum Gasteiger partial charge on any atom is 0.421 e. The van der Waals surface area contributed by atoms with Gasteiger partial charge in [-0.1, -0.05) is 12.1 Å². The Bertz CT molecular complexity index is 763. The SMILES string of the molecule is C[C@](O)(c1ccc(C(=O)N(C2CCC(N3CCOCC3)CC2)C2CC2)cc1)C(F)(F)F. The van der Waals surface area contributed by atoms with E-state index in [2.05, 4.69) is 4.90 Å². The number of amides is 1. The molecule has 1 amide bonds. The van der Waals surface area contributed by atoms with E-state index in [9.17, 15) is 23.1 Å². The van der Waals surface area contributed by atoms with Gasteiger partial charge in [-0.2, -0.15) is 13.2 Å². The number of halogens is 3. The molecule has 31 heavy (non-hydrogen) atoms. The maximum atomic E-state index is 13.3. The first-order valence-corrected chi connectivity index (χ1v) is 11.2. The van der Waals surface area contributed by atoms with Gasteiger partial charge < -0.3 is 14.7 Å². The van der Waals surface area contributed by atoms with E-state index >= 15 is 0 Å². The zero-order valence-corrected chi connectivity index (χ0v) is 17.9. The van der Waals surface area contributed by atoms with Crippen LogP contribution in [0.5, 0.6) is 0 Å². The molecular weight excluding hydrogens is 409 g/mol. The Kier molecular flexibility index (Phi) is 6.34. The lowest BCUT2D eigenvalue weighted by molar-refractivity contribution is -0.258. The number of morpholine rings is 1. The fourth-order valence-electron chi connectivity index (χ4n) is 4.88. The van der Waals surface area contributed by atoms with E-state index in [1.165, 1.54) is 24.3 Å². The molecule has 0 aromatic heterocycles. The van der Waals surface area contributed by atoms with Gasteiger partial charge in [-0.25, -0.2) is 0 Å². The van der Waals surface area contributed by atoms with Crippen LogP contribution in [-0.4, -0.2) is 71.4 Å². The highest BCUT2D eigenvalue weighted by molar-refractivity contribution is 5.95. The fourth-order valence-corrected chi connectivity index (χ4v) is 4.88. The number of ether oxygens (including phenoxy) is 1. The Balaban J connectivity index is 1.43. The van der Waals surface area contributed by atoms with Gasteiger partial charge in [0.15, 0.2) is 5.60 Å². The minimum Gasteiger partial charge on any atom is -0.379 e. The number of hydrogen-bond acceptors (Lipinski definition) is 4. The zero-order valence-electron chi connectivity index (χ0n) is 17.9. The highest BCUT2D eigenvalue weighted by Gasteiger charge is 2.51. The van der Waals surface area contributed by atoms with Crippen LogP contribution in [-0.2, 0) is 10.3 Å². The third kappa shape index (κ3) is 4.76. The number of carbonyl (C=O) groups is 1. The number of rotatable bonds is 5. The second-order valence-corrected chi connectivity index (χ2v) is 9.20. The van der Waals surface area contributed by atoms with Gasteiger partial charge in [0.2, 0.25) is 0 Å². The molecule has 1 aromatic rings. The van der Waals surface area contributed by atoms with E-state index in [1.54, 1.807) is 0 Å². The Labute approximate surface area is 181 Å². The van der Waals surface area contributed by atoms with Crippen molar-refractivity contribution in [2.75, 3.05) is 26.3 Å². The van der Waals surface area contributed by atoms with Crippen molar-refractivity contribution in [3.05, 3.63) is 35.4 Å². The molecule has 0 bridgehead atoms. The van der Waals surface area contributed by atoms with Crippen molar-refractivity contribution in [2.24, 2.45) is 0 Å². The quantitative estimate of drug-likeness (QED) is 0.759. The van der Waals surface area contributed by atoms with Gasteiger partial charge in [-0.3, -0.25) is 9.69 Å². The van der Waals surface area contributed by atoms with Gasteiger partial charge in [-0.05, 0) is 63.1 Å². The summed E-state index contributed by atoms with van der Waals surface area (Å²) < 4.78 is 44.7. The first kappa shape index (κ1) is 22.6. The molecule has 1 saturated heterocycles. The summed E-state index contributed by atoms with van der Waals surface area (Å²) in [6.45, 7) is 4.23. The van der Waals surface area contributed by atoms with Crippen molar-refractivity contribution in [3.63, 3.8) is 0 Å². The second-order valence-electron chi connectivity index (χ2n) is 9.20. The fraction of sp³-hybridized carbons (Fsp3) is 0.696. The van der Waals surface area contributed by atoms with Crippen LogP contribution < -0.4 is 0 Å². The number of carbonyl (C=O) groups excluding carboxylic acids is 1. The molecule has 3 aliphatic rings. The van der Waals surface area contributed by atoms with Crippen LogP contribution in [0.4, 0.5) is 13.2 Å². The van der Waals surface area contributed by atoms with Crippen LogP contribution in [0.2, 0.25) is 0 Å². The lowest BCUT2D eigenvalue weighted by Gasteiger charge is -2.42. The molecule has 1 aromatic carbocycles. The van der Waals surface area contributed by atoms with E-state index in [-0.39, 0.29) is 23.6 Å². The molecule has 1 aliphatic heterocycles. The summed E-state index contributed by atoms with van der Waals surface area (Å²) in [7, 11) is 0. The van der Waals surface area contributed by atoms with Crippen LogP contribution in [0.1, 0.15) is 61.4 Å². The molecule has 2 saturated carbocycles. The molecule has 4 rings (SSSR count). The molecule has 8 heteroatoms. The van der Waals surface area contributed by atoms with E-state index in [0.717, 1.165) is 71.8 Å². The highest BCUT2D eigenvalue weighted by atomic mass is 19.4. The Morgan fingerprint density at radius 1 is 1.00 bits per heavy atom. The number of hydrogen-bond donors (Lipinski definition) is 1. The summed E-state index contributed by atoms with van der Waals surface area (Å²) in [6, 6.07) is 6.19.